The lowest BCUT2D eigenvalue weighted by atomic mass is 10.0. The van der Waals surface area contributed by atoms with E-state index < -0.39 is 8.07 Å². The Hall–Kier alpha value is -2.52. The van der Waals surface area contributed by atoms with Crippen molar-refractivity contribution in [2.45, 2.75) is 206 Å². The summed E-state index contributed by atoms with van der Waals surface area (Å²) in [6, 6.07) is 18.8. The molecule has 3 heteroatoms. The van der Waals surface area contributed by atoms with E-state index in [1.807, 2.05) is 0 Å². The van der Waals surface area contributed by atoms with E-state index in [-0.39, 0.29) is 0 Å². The highest BCUT2D eigenvalue weighted by Crippen LogP contribution is 2.36. The van der Waals surface area contributed by atoms with Crippen LogP contribution in [0.3, 0.4) is 0 Å². The number of aryl methyl sites for hydroxylation is 1. The fraction of sp³-hybridized carbons (Fsp3) is 0.640. The zero-order valence-electron chi connectivity index (χ0n) is 35.3. The first-order valence-electron chi connectivity index (χ1n) is 22.6. The van der Waals surface area contributed by atoms with Crippen LogP contribution in [-0.4, -0.2) is 12.8 Å². The summed E-state index contributed by atoms with van der Waals surface area (Å²) < 4.78 is 1.44. The average molecular weight is 737 g/mol. The lowest BCUT2D eigenvalue weighted by molar-refractivity contribution is -0.344. The van der Waals surface area contributed by atoms with Gasteiger partial charge in [0.15, 0.2) is 0 Å². The quantitative estimate of drug-likeness (QED) is 0.0418. The van der Waals surface area contributed by atoms with Crippen molar-refractivity contribution in [2.24, 2.45) is 0 Å². The van der Waals surface area contributed by atoms with Crippen molar-refractivity contribution in [3.63, 3.8) is 0 Å². The lowest BCUT2D eigenvalue weighted by Gasteiger charge is -2.16. The van der Waals surface area contributed by atoms with Gasteiger partial charge in [0.1, 0.15) is 0 Å². The molecule has 1 aliphatic heterocycles. The molecule has 0 aromatic heterocycles. The van der Waals surface area contributed by atoms with Crippen LogP contribution in [0.4, 0.5) is 0 Å². The molecule has 0 saturated carbocycles. The minimum atomic E-state index is -1.25. The monoisotopic (exact) mass is 737 g/mol. The van der Waals surface area contributed by atoms with Crippen LogP contribution in [0.1, 0.15) is 197 Å². The van der Waals surface area contributed by atoms with Gasteiger partial charge in [0.05, 0.1) is 5.57 Å². The minimum absolute atomic E-state index is 0.872. The molecule has 0 aliphatic carbocycles. The van der Waals surface area contributed by atoms with Gasteiger partial charge < -0.3 is 5.53 Å². The van der Waals surface area contributed by atoms with Gasteiger partial charge in [-0.15, -0.1) is 0 Å². The number of allylic oxidation sites excluding steroid dienone is 4. The highest BCUT2D eigenvalue weighted by molar-refractivity contribution is 6.75. The van der Waals surface area contributed by atoms with Crippen LogP contribution in [0.15, 0.2) is 72.3 Å². The third kappa shape index (κ3) is 19.1. The van der Waals surface area contributed by atoms with Gasteiger partial charge in [-0.25, -0.2) is 4.70 Å². The maximum atomic E-state index is 11.6. The Balaban J connectivity index is 1.33. The smallest absolute Gasteiger partial charge is 0.214 e. The first-order chi connectivity index (χ1) is 25.8. The Labute approximate surface area is 329 Å². The largest absolute Gasteiger partial charge is 0.493 e. The standard InChI is InChI=1S/C50H80N2Si/c1-6-8-10-11-12-13-14-15-16-17-18-19-20-21-22-23-24-25-26-27-28-29-30-31-35-48-42-49(47-36-32-34-45(41-47)43-53(3,4)5)52(51)50(48)46-39-37-44(38-40-46)33-9-7-2/h31-32,34-42H,6-30,33,43H2,1-5H3. The van der Waals surface area contributed by atoms with E-state index in [9.17, 15) is 5.53 Å². The number of hydrogen-bond donors (Lipinski definition) is 0. The van der Waals surface area contributed by atoms with E-state index >= 15 is 0 Å². The summed E-state index contributed by atoms with van der Waals surface area (Å²) in [6.07, 6.45) is 42.7. The van der Waals surface area contributed by atoms with Crippen LogP contribution in [-0.2, 0) is 12.5 Å². The molecule has 0 amide bonds. The molecule has 1 heterocycles. The summed E-state index contributed by atoms with van der Waals surface area (Å²) in [6.45, 7) is 11.8. The molecule has 294 valence electrons. The Morgan fingerprint density at radius 2 is 1.04 bits per heavy atom. The molecule has 53 heavy (non-hydrogen) atoms. The van der Waals surface area contributed by atoms with E-state index in [1.165, 1.54) is 170 Å². The van der Waals surface area contributed by atoms with Gasteiger partial charge in [0.2, 0.25) is 11.4 Å². The molecule has 0 spiro atoms. The number of nitrogens with zero attached hydrogens (tertiary/aromatic N) is 2. The summed E-state index contributed by atoms with van der Waals surface area (Å²) in [5.41, 5.74) is 19.4. The first kappa shape index (κ1) is 44.9. The highest BCUT2D eigenvalue weighted by Gasteiger charge is 2.28. The third-order valence-corrected chi connectivity index (χ3v) is 12.5. The molecule has 0 saturated heterocycles. The SMILES string of the molecule is CCCCCCCCCCCCCCCCCCCCCCCCC=CC1=C(c2ccc(CCCC)cc2)[N+](=[N-])C(c2cccc(C[Si](C)(C)C)c2)=C1. The number of benzene rings is 2. The number of unbranched alkanes of at least 4 members (excludes halogenated alkanes) is 23. The van der Waals surface area contributed by atoms with Gasteiger partial charge in [0, 0.05) is 25.3 Å². The summed E-state index contributed by atoms with van der Waals surface area (Å²) >= 11 is 0. The summed E-state index contributed by atoms with van der Waals surface area (Å²) in [5.74, 6) is 0. The van der Waals surface area contributed by atoms with Gasteiger partial charge in [0.25, 0.3) is 0 Å². The molecule has 0 radical (unpaired) electrons. The lowest BCUT2D eigenvalue weighted by Crippen LogP contribution is -2.23. The Morgan fingerprint density at radius 1 is 0.547 bits per heavy atom. The van der Waals surface area contributed by atoms with Gasteiger partial charge in [-0.05, 0) is 67.1 Å². The second-order valence-corrected chi connectivity index (χ2v) is 23.0. The van der Waals surface area contributed by atoms with Crippen molar-refractivity contribution < 1.29 is 4.70 Å². The van der Waals surface area contributed by atoms with Crippen molar-refractivity contribution in [1.82, 2.24) is 0 Å². The topological polar surface area (TPSA) is 25.3 Å². The third-order valence-electron chi connectivity index (χ3n) is 11.0. The van der Waals surface area contributed by atoms with Crippen molar-refractivity contribution in [1.29, 1.82) is 0 Å². The van der Waals surface area contributed by atoms with Gasteiger partial charge in [-0.3, -0.25) is 0 Å². The average Bonchev–Trinajstić information content (AvgIpc) is 3.47. The zero-order chi connectivity index (χ0) is 38.0. The highest BCUT2D eigenvalue weighted by atomic mass is 28.3. The predicted molar refractivity (Wildman–Crippen MR) is 238 cm³/mol. The van der Waals surface area contributed by atoms with Crippen LogP contribution in [0, 0.1) is 0 Å². The summed E-state index contributed by atoms with van der Waals surface area (Å²) in [4.78, 5) is 0. The number of hydrogen-bond acceptors (Lipinski definition) is 0. The second kappa shape index (κ2) is 27.1. The predicted octanol–water partition coefficient (Wildman–Crippen LogP) is 16.8. The molecule has 0 unspecified atom stereocenters. The fourth-order valence-electron chi connectivity index (χ4n) is 7.89. The Kier molecular flexibility index (Phi) is 23.0. The van der Waals surface area contributed by atoms with Crippen molar-refractivity contribution in [3.05, 3.63) is 100 Å². The maximum Gasteiger partial charge on any atom is 0.214 e. The molecule has 0 fully saturated rings. The van der Waals surface area contributed by atoms with E-state index in [0.29, 0.717) is 0 Å². The molecule has 2 aromatic rings. The Morgan fingerprint density at radius 3 is 1.53 bits per heavy atom. The van der Waals surface area contributed by atoms with Crippen molar-refractivity contribution in [2.75, 3.05) is 0 Å². The van der Waals surface area contributed by atoms with Crippen LogP contribution in [0.5, 0.6) is 0 Å². The van der Waals surface area contributed by atoms with Crippen molar-refractivity contribution >= 4 is 19.5 Å². The van der Waals surface area contributed by atoms with Crippen LogP contribution in [0.2, 0.25) is 19.6 Å². The van der Waals surface area contributed by atoms with Gasteiger partial charge in [-0.2, -0.15) is 0 Å². The molecular formula is C50H80N2Si. The zero-order valence-corrected chi connectivity index (χ0v) is 36.3. The van der Waals surface area contributed by atoms with E-state index in [2.05, 4.69) is 100 Å². The summed E-state index contributed by atoms with van der Waals surface area (Å²) in [7, 11) is -1.25. The van der Waals surface area contributed by atoms with E-state index in [1.54, 1.807) is 0 Å². The minimum Gasteiger partial charge on any atom is -0.493 e. The van der Waals surface area contributed by atoms with Crippen LogP contribution < -0.4 is 0 Å². The second-order valence-electron chi connectivity index (χ2n) is 17.5. The molecule has 0 atom stereocenters. The molecular weight excluding hydrogens is 657 g/mol. The molecule has 2 aromatic carbocycles. The molecule has 1 aliphatic rings. The number of rotatable bonds is 31. The van der Waals surface area contributed by atoms with Gasteiger partial charge >= 0.3 is 0 Å². The molecule has 0 bridgehead atoms. The normalized spacial score (nSPS) is 13.5. The molecule has 0 N–H and O–H groups in total. The van der Waals surface area contributed by atoms with Crippen molar-refractivity contribution in [3.8, 4) is 0 Å². The van der Waals surface area contributed by atoms with Gasteiger partial charge in [-0.1, -0.05) is 211 Å². The van der Waals surface area contributed by atoms with Crippen LogP contribution in [0.25, 0.3) is 16.9 Å². The molecule has 3 rings (SSSR count). The van der Waals surface area contributed by atoms with Crippen LogP contribution >= 0.6 is 0 Å². The molecule has 2 nitrogen and oxygen atoms in total. The summed E-state index contributed by atoms with van der Waals surface area (Å²) in [5, 5.41) is 0. The fourth-order valence-corrected chi connectivity index (χ4v) is 9.33. The first-order valence-corrected chi connectivity index (χ1v) is 26.3. The van der Waals surface area contributed by atoms with E-state index in [0.717, 1.165) is 47.0 Å². The van der Waals surface area contributed by atoms with E-state index in [4.69, 9.17) is 0 Å². The maximum absolute atomic E-state index is 11.6. The Bertz CT molecular complexity index is 1370.